The molecule has 1 N–H and O–H groups in total. The fraction of sp³-hybridized carbons (Fsp3) is 0.510. The predicted octanol–water partition coefficient (Wildman–Crippen LogP) is 5.48. The van der Waals surface area contributed by atoms with Gasteiger partial charge in [0.25, 0.3) is 11.8 Å². The molecule has 4 fully saturated rings. The first-order valence-corrected chi connectivity index (χ1v) is 20.9. The number of Topliss-reactive ketones (excluding diaryl/α,β-unsaturated/α-hetero) is 2. The van der Waals surface area contributed by atoms with Crippen LogP contribution < -0.4 is 5.32 Å². The van der Waals surface area contributed by atoms with Crippen LogP contribution in [-0.4, -0.2) is 147 Å². The molecule has 0 aliphatic carbocycles. The molecule has 2 amide bonds. The van der Waals surface area contributed by atoms with Crippen molar-refractivity contribution in [3.63, 3.8) is 0 Å². The van der Waals surface area contributed by atoms with Crippen molar-refractivity contribution in [3.05, 3.63) is 108 Å². The van der Waals surface area contributed by atoms with Crippen LogP contribution in [-0.2, 0) is 35.4 Å². The number of rotatable bonds is 3. The van der Waals surface area contributed by atoms with Gasteiger partial charge < -0.3 is 20.0 Å². The number of amides is 2. The molecule has 4 atom stereocenters. The first kappa shape index (κ1) is 48.8. The molecular formula is C49H70N8O4. The Morgan fingerprint density at radius 3 is 1.57 bits per heavy atom. The summed E-state index contributed by atoms with van der Waals surface area (Å²) in [5.74, 6) is 1.23. The van der Waals surface area contributed by atoms with Crippen molar-refractivity contribution in [2.45, 2.75) is 70.6 Å². The van der Waals surface area contributed by atoms with Crippen molar-refractivity contribution in [2.75, 3.05) is 87.6 Å². The standard InChI is InChI=1S/C14H17N3O.C13H15N3O.C13H17NO.C7H13NO.2CH4/c1-16-9-8-12-14(10-16,13(18)17(2)15-12)11-6-4-3-5-7-11;1-16-12(17)13(10-5-3-2-4-6-10)9-14-8-7-11(13)15-16;1-13(11-6-4-3-5-7-11)10-14(2)9-8-12(13)15;1-6-5-8(2)4-3-7(6)9;;/h3-7H,8-10H2,1-2H3;2-6,14H,7-9H2,1H3;3-7H,8-10H2,1-2H3;6H,3-5H2,1-2H3;2*1H4. The van der Waals surface area contributed by atoms with Gasteiger partial charge >= 0.3 is 0 Å². The number of nitrogens with one attached hydrogen (secondary N) is 1. The Morgan fingerprint density at radius 1 is 0.574 bits per heavy atom. The number of carbonyl (C=O) groups excluding carboxylic acids is 4. The van der Waals surface area contributed by atoms with Crippen LogP contribution in [0.15, 0.2) is 101 Å². The van der Waals surface area contributed by atoms with Crippen molar-refractivity contribution in [2.24, 2.45) is 16.1 Å². The van der Waals surface area contributed by atoms with E-state index < -0.39 is 10.8 Å². The molecular weight excluding hydrogens is 765 g/mol. The maximum Gasteiger partial charge on any atom is 0.260 e. The van der Waals surface area contributed by atoms with Gasteiger partial charge in [-0.05, 0) is 44.8 Å². The number of carbonyl (C=O) groups is 4. The molecule has 0 bridgehead atoms. The van der Waals surface area contributed by atoms with E-state index in [2.05, 4.69) is 70.4 Å². The summed E-state index contributed by atoms with van der Waals surface area (Å²) in [6.07, 6.45) is 3.12. The highest BCUT2D eigenvalue weighted by Gasteiger charge is 2.54. The van der Waals surface area contributed by atoms with Crippen LogP contribution in [0.25, 0.3) is 0 Å². The topological polar surface area (TPSA) is 121 Å². The molecule has 6 aliphatic rings. The fourth-order valence-corrected chi connectivity index (χ4v) is 9.31. The first-order valence-electron chi connectivity index (χ1n) is 20.9. The van der Waals surface area contributed by atoms with Crippen LogP contribution in [0.5, 0.6) is 0 Å². The number of hydrazone groups is 2. The van der Waals surface area contributed by atoms with Gasteiger partial charge in [-0.1, -0.05) is 113 Å². The molecule has 0 radical (unpaired) electrons. The Hall–Kier alpha value is -4.88. The van der Waals surface area contributed by atoms with E-state index in [1.807, 2.05) is 85.8 Å². The second-order valence-electron chi connectivity index (χ2n) is 17.2. The lowest BCUT2D eigenvalue weighted by Crippen LogP contribution is -2.54. The van der Waals surface area contributed by atoms with Gasteiger partial charge in [0.05, 0.1) is 16.8 Å². The normalized spacial score (nSPS) is 27.6. The zero-order valence-corrected chi connectivity index (χ0v) is 36.0. The molecule has 61 heavy (non-hydrogen) atoms. The van der Waals surface area contributed by atoms with E-state index in [0.29, 0.717) is 24.5 Å². The molecule has 12 heteroatoms. The number of ketones is 2. The Labute approximate surface area is 365 Å². The summed E-state index contributed by atoms with van der Waals surface area (Å²) < 4.78 is 0. The first-order chi connectivity index (χ1) is 28.2. The smallest absolute Gasteiger partial charge is 0.260 e. The maximum atomic E-state index is 12.6. The lowest BCUT2D eigenvalue weighted by Gasteiger charge is -2.37. The third-order valence-electron chi connectivity index (χ3n) is 12.8. The number of fused-ring (bicyclic) bond motifs is 2. The number of likely N-dealkylation sites (tertiary alicyclic amines) is 3. The van der Waals surface area contributed by atoms with Gasteiger partial charge in [-0.3, -0.25) is 19.2 Å². The van der Waals surface area contributed by atoms with Gasteiger partial charge in [0.15, 0.2) is 0 Å². The minimum atomic E-state index is -0.561. The van der Waals surface area contributed by atoms with Crippen LogP contribution in [0.3, 0.4) is 0 Å². The minimum Gasteiger partial charge on any atom is -0.315 e. The number of piperidine rings is 4. The second kappa shape index (κ2) is 20.8. The number of benzene rings is 3. The average molecular weight is 835 g/mol. The van der Waals surface area contributed by atoms with Crippen LogP contribution >= 0.6 is 0 Å². The summed E-state index contributed by atoms with van der Waals surface area (Å²) in [7, 11) is 9.68. The summed E-state index contributed by atoms with van der Waals surface area (Å²) in [4.78, 5) is 54.6. The third kappa shape index (κ3) is 10.1. The molecule has 0 spiro atoms. The summed E-state index contributed by atoms with van der Waals surface area (Å²) in [5.41, 5.74) is 3.83. The number of nitrogens with zero attached hydrogens (tertiary/aromatic N) is 7. The lowest BCUT2D eigenvalue weighted by atomic mass is 9.72. The molecule has 12 nitrogen and oxygen atoms in total. The molecule has 4 unspecified atom stereocenters. The van der Waals surface area contributed by atoms with Crippen molar-refractivity contribution < 1.29 is 19.2 Å². The van der Waals surface area contributed by atoms with Crippen LogP contribution in [0.4, 0.5) is 0 Å². The largest absolute Gasteiger partial charge is 0.315 e. The highest BCUT2D eigenvalue weighted by Crippen LogP contribution is 2.38. The average Bonchev–Trinajstić information content (AvgIpc) is 3.67. The summed E-state index contributed by atoms with van der Waals surface area (Å²) in [6, 6.07) is 30.1. The SMILES string of the molecule is C.C.CC1CN(C)CCC1=O.CN1CCC(=O)C(C)(c2ccccc2)C1.CN1CCC2=NN(C)C(=O)C2(c2ccccc2)C1.CN1N=C2CCNCC2(c2ccccc2)C1=O. The van der Waals surface area contributed by atoms with E-state index in [9.17, 15) is 19.2 Å². The van der Waals surface area contributed by atoms with Crippen LogP contribution in [0, 0.1) is 5.92 Å². The quantitative estimate of drug-likeness (QED) is 0.369. The highest BCUT2D eigenvalue weighted by molar-refractivity contribution is 6.18. The van der Waals surface area contributed by atoms with Gasteiger partial charge in [0, 0.05) is 98.1 Å². The number of likely N-dealkylation sites (N-methyl/N-ethyl adjacent to an activating group) is 4. The summed E-state index contributed by atoms with van der Waals surface area (Å²) in [6.45, 7) is 10.9. The van der Waals surface area contributed by atoms with E-state index in [0.717, 1.165) is 93.2 Å². The monoisotopic (exact) mass is 835 g/mol. The van der Waals surface area contributed by atoms with E-state index >= 15 is 0 Å². The molecule has 330 valence electrons. The molecule has 0 saturated carbocycles. The van der Waals surface area contributed by atoms with Gasteiger partial charge in [-0.25, -0.2) is 10.0 Å². The summed E-state index contributed by atoms with van der Waals surface area (Å²) in [5, 5.41) is 15.1. The zero-order valence-electron chi connectivity index (χ0n) is 36.0. The zero-order chi connectivity index (χ0) is 42.4. The number of hydrogen-bond acceptors (Lipinski definition) is 10. The van der Waals surface area contributed by atoms with Crippen molar-refractivity contribution >= 4 is 34.8 Å². The van der Waals surface area contributed by atoms with E-state index in [4.69, 9.17) is 0 Å². The van der Waals surface area contributed by atoms with Gasteiger partial charge in [-0.2, -0.15) is 10.2 Å². The van der Waals surface area contributed by atoms with Gasteiger partial charge in [0.1, 0.15) is 22.4 Å². The minimum absolute atomic E-state index is 0. The highest BCUT2D eigenvalue weighted by atomic mass is 16.2. The van der Waals surface area contributed by atoms with Crippen LogP contribution in [0.1, 0.15) is 71.1 Å². The van der Waals surface area contributed by atoms with E-state index in [-0.39, 0.29) is 38.0 Å². The van der Waals surface area contributed by atoms with Crippen molar-refractivity contribution in [1.29, 1.82) is 0 Å². The maximum absolute atomic E-state index is 12.6. The van der Waals surface area contributed by atoms with E-state index in [1.54, 1.807) is 14.1 Å². The molecule has 6 heterocycles. The summed E-state index contributed by atoms with van der Waals surface area (Å²) >= 11 is 0. The lowest BCUT2D eigenvalue weighted by molar-refractivity contribution is -0.133. The molecule has 9 rings (SSSR count). The molecule has 4 saturated heterocycles. The second-order valence-corrected chi connectivity index (χ2v) is 17.2. The Balaban J connectivity index is 0.000000181. The molecule has 6 aliphatic heterocycles. The molecule has 0 aromatic heterocycles. The molecule has 3 aromatic carbocycles. The van der Waals surface area contributed by atoms with Crippen molar-refractivity contribution in [1.82, 2.24) is 30.0 Å². The van der Waals surface area contributed by atoms with E-state index in [1.165, 1.54) is 10.0 Å². The van der Waals surface area contributed by atoms with Crippen LogP contribution in [0.2, 0.25) is 0 Å². The van der Waals surface area contributed by atoms with Gasteiger partial charge in [-0.15, -0.1) is 0 Å². The Kier molecular flexibility index (Phi) is 16.6. The predicted molar refractivity (Wildman–Crippen MR) is 247 cm³/mol. The Bertz CT molecular complexity index is 2030. The number of hydrogen-bond donors (Lipinski definition) is 1. The third-order valence-corrected chi connectivity index (χ3v) is 12.8. The Morgan fingerprint density at radius 2 is 1.03 bits per heavy atom. The van der Waals surface area contributed by atoms with Gasteiger partial charge in [0.2, 0.25) is 0 Å². The fourth-order valence-electron chi connectivity index (χ4n) is 9.31. The van der Waals surface area contributed by atoms with Crippen molar-refractivity contribution in [3.8, 4) is 0 Å². The molecule has 3 aromatic rings.